The largest absolute Gasteiger partial charge is 0.341 e. The van der Waals surface area contributed by atoms with E-state index in [2.05, 4.69) is 32.6 Å². The summed E-state index contributed by atoms with van der Waals surface area (Å²) >= 11 is 6.40. The summed E-state index contributed by atoms with van der Waals surface area (Å²) in [7, 11) is 0. The van der Waals surface area contributed by atoms with E-state index in [-0.39, 0.29) is 35.5 Å². The summed E-state index contributed by atoms with van der Waals surface area (Å²) in [5.41, 5.74) is 1.73. The lowest BCUT2D eigenvalue weighted by Gasteiger charge is -2.42. The van der Waals surface area contributed by atoms with E-state index >= 15 is 0 Å². The lowest BCUT2D eigenvalue weighted by molar-refractivity contribution is -0.150. The third-order valence-corrected chi connectivity index (χ3v) is 7.38. The number of amides is 3. The van der Waals surface area contributed by atoms with Crippen LogP contribution in [0.4, 0.5) is 5.69 Å². The molecule has 0 saturated carbocycles. The van der Waals surface area contributed by atoms with E-state index in [0.29, 0.717) is 50.2 Å². The smallest absolute Gasteiger partial charge is 0.229 e. The van der Waals surface area contributed by atoms with Crippen LogP contribution < -0.4 is 4.90 Å². The van der Waals surface area contributed by atoms with Crippen molar-refractivity contribution in [1.82, 2.24) is 14.7 Å². The zero-order valence-corrected chi connectivity index (χ0v) is 23.6. The van der Waals surface area contributed by atoms with Gasteiger partial charge < -0.3 is 14.7 Å². The maximum atomic E-state index is 13.6. The van der Waals surface area contributed by atoms with Crippen molar-refractivity contribution in [3.63, 3.8) is 0 Å². The molecular weight excluding hydrogens is 476 g/mol. The highest BCUT2D eigenvalue weighted by Gasteiger charge is 2.39. The van der Waals surface area contributed by atoms with Gasteiger partial charge in [-0.05, 0) is 43.9 Å². The van der Waals surface area contributed by atoms with Crippen LogP contribution in [0.2, 0.25) is 5.02 Å². The average Bonchev–Trinajstić information content (AvgIpc) is 2.79. The SMILES string of the molecule is CC(C)CC(=O)N1CCCN(C(C)C)CCN(C(=O)C2CN(C(=O)C(C)C)C2)Cc2ccc(Cl)cc21. The van der Waals surface area contributed by atoms with Crippen LogP contribution in [0.5, 0.6) is 0 Å². The number of carbonyl (C=O) groups is 3. The molecule has 0 atom stereocenters. The van der Waals surface area contributed by atoms with Gasteiger partial charge in [-0.1, -0.05) is 45.4 Å². The minimum absolute atomic E-state index is 0.0654. The van der Waals surface area contributed by atoms with Crippen molar-refractivity contribution >= 4 is 35.0 Å². The van der Waals surface area contributed by atoms with Crippen molar-refractivity contribution in [2.75, 3.05) is 44.2 Å². The van der Waals surface area contributed by atoms with E-state index < -0.39 is 0 Å². The topological polar surface area (TPSA) is 64.2 Å². The van der Waals surface area contributed by atoms with Gasteiger partial charge in [0.15, 0.2) is 0 Å². The molecule has 0 N–H and O–H groups in total. The zero-order chi connectivity index (χ0) is 26.6. The fourth-order valence-electron chi connectivity index (χ4n) is 4.98. The highest BCUT2D eigenvalue weighted by atomic mass is 35.5. The van der Waals surface area contributed by atoms with Crippen LogP contribution in [0.25, 0.3) is 0 Å². The molecule has 36 heavy (non-hydrogen) atoms. The number of hydrogen-bond acceptors (Lipinski definition) is 4. The van der Waals surface area contributed by atoms with Crippen LogP contribution in [-0.2, 0) is 20.9 Å². The van der Waals surface area contributed by atoms with E-state index in [4.69, 9.17) is 11.6 Å². The van der Waals surface area contributed by atoms with Crippen LogP contribution in [0, 0.1) is 17.8 Å². The Morgan fingerprint density at radius 3 is 2.25 bits per heavy atom. The van der Waals surface area contributed by atoms with Crippen LogP contribution in [0.3, 0.4) is 0 Å². The van der Waals surface area contributed by atoms with Gasteiger partial charge in [0.2, 0.25) is 17.7 Å². The summed E-state index contributed by atoms with van der Waals surface area (Å²) in [5.74, 6) is 0.264. The van der Waals surface area contributed by atoms with Crippen LogP contribution in [0.1, 0.15) is 59.9 Å². The van der Waals surface area contributed by atoms with Gasteiger partial charge in [0.25, 0.3) is 0 Å². The molecule has 0 bridgehead atoms. The van der Waals surface area contributed by atoms with Crippen LogP contribution in [-0.4, -0.2) is 77.7 Å². The number of benzene rings is 1. The molecule has 7 nitrogen and oxygen atoms in total. The molecule has 0 aromatic heterocycles. The minimum atomic E-state index is -0.181. The summed E-state index contributed by atoms with van der Waals surface area (Å²) < 4.78 is 0. The molecule has 200 valence electrons. The maximum absolute atomic E-state index is 13.6. The number of rotatable bonds is 5. The lowest BCUT2D eigenvalue weighted by Crippen LogP contribution is -2.57. The molecule has 2 heterocycles. The normalized spacial score (nSPS) is 18.3. The predicted octanol–water partition coefficient (Wildman–Crippen LogP) is 4.28. The molecule has 0 aliphatic carbocycles. The molecule has 8 heteroatoms. The Morgan fingerprint density at radius 1 is 0.944 bits per heavy atom. The zero-order valence-electron chi connectivity index (χ0n) is 22.8. The van der Waals surface area contributed by atoms with Gasteiger partial charge in [-0.2, -0.15) is 0 Å². The van der Waals surface area contributed by atoms with Crippen molar-refractivity contribution in [3.05, 3.63) is 28.8 Å². The van der Waals surface area contributed by atoms with E-state index in [1.165, 1.54) is 0 Å². The second-order valence-corrected chi connectivity index (χ2v) is 11.7. The number of halogens is 1. The van der Waals surface area contributed by atoms with E-state index in [9.17, 15) is 14.4 Å². The number of hydrogen-bond donors (Lipinski definition) is 0. The first-order valence-corrected chi connectivity index (χ1v) is 13.8. The number of fused-ring (bicyclic) bond motifs is 1. The van der Waals surface area contributed by atoms with Crippen molar-refractivity contribution in [2.24, 2.45) is 17.8 Å². The van der Waals surface area contributed by atoms with Gasteiger partial charge in [0, 0.05) is 69.2 Å². The van der Waals surface area contributed by atoms with E-state index in [1.54, 1.807) is 4.90 Å². The van der Waals surface area contributed by atoms with Gasteiger partial charge in [0.1, 0.15) is 0 Å². The van der Waals surface area contributed by atoms with Crippen molar-refractivity contribution in [3.8, 4) is 0 Å². The number of likely N-dealkylation sites (tertiary alicyclic amines) is 1. The van der Waals surface area contributed by atoms with Gasteiger partial charge >= 0.3 is 0 Å². The summed E-state index contributed by atoms with van der Waals surface area (Å²) in [4.78, 5) is 47.3. The van der Waals surface area contributed by atoms with Crippen molar-refractivity contribution < 1.29 is 14.4 Å². The van der Waals surface area contributed by atoms with Gasteiger partial charge in [0.05, 0.1) is 11.6 Å². The standard InChI is InChI=1S/C28H43ClN4O3/c1-19(2)14-26(34)33-11-7-10-30(21(5)6)12-13-31(16-22-8-9-24(29)15-25(22)33)28(36)23-17-32(18-23)27(35)20(3)4/h8-9,15,19-21,23H,7,10-14,16-18H2,1-6H3. The molecule has 2 aliphatic rings. The first-order valence-electron chi connectivity index (χ1n) is 13.4. The predicted molar refractivity (Wildman–Crippen MR) is 145 cm³/mol. The Bertz CT molecular complexity index is 943. The Morgan fingerprint density at radius 2 is 1.64 bits per heavy atom. The fourth-order valence-corrected chi connectivity index (χ4v) is 5.15. The highest BCUT2D eigenvalue weighted by molar-refractivity contribution is 6.31. The third-order valence-electron chi connectivity index (χ3n) is 7.15. The van der Waals surface area contributed by atoms with Gasteiger partial charge in [-0.3, -0.25) is 19.3 Å². The van der Waals surface area contributed by atoms with Gasteiger partial charge in [-0.15, -0.1) is 0 Å². The Balaban J connectivity index is 1.91. The molecule has 1 saturated heterocycles. The first kappa shape index (κ1) is 28.5. The molecule has 3 rings (SSSR count). The quantitative estimate of drug-likeness (QED) is 0.583. The van der Waals surface area contributed by atoms with E-state index in [1.807, 2.05) is 41.8 Å². The number of carbonyl (C=O) groups excluding carboxylic acids is 3. The Kier molecular flexibility index (Phi) is 9.81. The van der Waals surface area contributed by atoms with Crippen molar-refractivity contribution in [1.29, 1.82) is 0 Å². The lowest BCUT2D eigenvalue weighted by atomic mass is 9.96. The minimum Gasteiger partial charge on any atom is -0.341 e. The summed E-state index contributed by atoms with van der Waals surface area (Å²) in [6, 6.07) is 5.98. The highest BCUT2D eigenvalue weighted by Crippen LogP contribution is 2.30. The van der Waals surface area contributed by atoms with Gasteiger partial charge in [-0.25, -0.2) is 0 Å². The van der Waals surface area contributed by atoms with Crippen LogP contribution in [0.15, 0.2) is 18.2 Å². The second kappa shape index (κ2) is 12.4. The Hall–Kier alpha value is -2.12. The van der Waals surface area contributed by atoms with E-state index in [0.717, 1.165) is 30.8 Å². The molecule has 0 radical (unpaired) electrons. The molecule has 0 spiro atoms. The number of anilines is 1. The van der Waals surface area contributed by atoms with Crippen LogP contribution >= 0.6 is 11.6 Å². The van der Waals surface area contributed by atoms with Crippen molar-refractivity contribution in [2.45, 2.75) is 67.0 Å². The average molecular weight is 519 g/mol. The molecule has 1 fully saturated rings. The summed E-state index contributed by atoms with van der Waals surface area (Å²) in [6.07, 6.45) is 1.31. The molecule has 3 amide bonds. The number of nitrogens with zero attached hydrogens (tertiary/aromatic N) is 4. The fraction of sp³-hybridized carbons (Fsp3) is 0.679. The maximum Gasteiger partial charge on any atom is 0.229 e. The Labute approximate surface area is 221 Å². The first-order chi connectivity index (χ1) is 17.0. The molecule has 2 aliphatic heterocycles. The summed E-state index contributed by atoms with van der Waals surface area (Å²) in [6.45, 7) is 16.4. The third kappa shape index (κ3) is 7.00. The second-order valence-electron chi connectivity index (χ2n) is 11.3. The molecule has 0 unspecified atom stereocenters. The monoisotopic (exact) mass is 518 g/mol. The molecular formula is C28H43ClN4O3. The molecule has 1 aromatic carbocycles. The molecule has 1 aromatic rings. The summed E-state index contributed by atoms with van der Waals surface area (Å²) in [5, 5.41) is 0.578.